The largest absolute Gasteiger partial charge is 0.492 e. The monoisotopic (exact) mass is 518 g/mol. The van der Waals surface area contributed by atoms with E-state index in [0.717, 1.165) is 62.1 Å². The topological polar surface area (TPSA) is 84.0 Å². The summed E-state index contributed by atoms with van der Waals surface area (Å²) in [7, 11) is 0. The molecule has 0 atom stereocenters. The Morgan fingerprint density at radius 3 is 2.83 bits per heavy atom. The molecule has 0 spiro atoms. The molecule has 0 aliphatic carbocycles. The second-order valence-corrected chi connectivity index (χ2v) is 7.23. The van der Waals surface area contributed by atoms with Gasteiger partial charge < -0.3 is 25.4 Å². The summed E-state index contributed by atoms with van der Waals surface area (Å²) in [6.45, 7) is 10.6. The summed E-state index contributed by atoms with van der Waals surface area (Å²) in [6.07, 6.45) is 2.20. The van der Waals surface area contributed by atoms with Gasteiger partial charge in [0.1, 0.15) is 12.4 Å². The Bertz CT molecular complexity index is 653. The smallest absolute Gasteiger partial charge is 0.224 e. The van der Waals surface area contributed by atoms with Crippen LogP contribution in [0.2, 0.25) is 0 Å². The van der Waals surface area contributed by atoms with Gasteiger partial charge >= 0.3 is 0 Å². The number of rotatable bonds is 11. The minimum Gasteiger partial charge on any atom is -0.492 e. The average molecular weight is 518 g/mol. The first-order valence-corrected chi connectivity index (χ1v) is 10.2. The van der Waals surface area contributed by atoms with E-state index in [9.17, 15) is 4.79 Å². The van der Waals surface area contributed by atoms with Crippen molar-refractivity contribution in [1.82, 2.24) is 10.6 Å². The Kier molecular flexibility index (Phi) is 12.7. The summed E-state index contributed by atoms with van der Waals surface area (Å²) in [5.74, 6) is 2.26. The minimum absolute atomic E-state index is 0. The zero-order valence-electron chi connectivity index (χ0n) is 17.8. The first kappa shape index (κ1) is 25.5. The summed E-state index contributed by atoms with van der Waals surface area (Å²) in [5.41, 5.74) is 2.01. The molecule has 0 fully saturated rings. The maximum atomic E-state index is 11.4. The zero-order valence-corrected chi connectivity index (χ0v) is 20.1. The Hall–Kier alpha value is -1.55. The van der Waals surface area contributed by atoms with E-state index in [1.165, 1.54) is 0 Å². The number of carbonyl (C=O) groups excluding carboxylic acids is 1. The van der Waals surface area contributed by atoms with Gasteiger partial charge in [-0.05, 0) is 49.4 Å². The lowest BCUT2D eigenvalue weighted by molar-refractivity contribution is -0.116. The van der Waals surface area contributed by atoms with Crippen molar-refractivity contribution in [2.75, 3.05) is 44.8 Å². The van der Waals surface area contributed by atoms with Gasteiger partial charge in [0.2, 0.25) is 5.91 Å². The van der Waals surface area contributed by atoms with E-state index >= 15 is 0 Å². The number of hydrogen-bond donors (Lipinski definition) is 3. The van der Waals surface area contributed by atoms with Crippen molar-refractivity contribution in [3.8, 4) is 5.75 Å². The molecule has 0 bridgehead atoms. The number of ether oxygens (including phenoxy) is 2. The second kappa shape index (κ2) is 14.4. The van der Waals surface area contributed by atoms with Crippen molar-refractivity contribution in [1.29, 1.82) is 0 Å². The summed E-state index contributed by atoms with van der Waals surface area (Å²) >= 11 is 0. The van der Waals surface area contributed by atoms with Crippen LogP contribution in [0.3, 0.4) is 0 Å². The third-order valence-corrected chi connectivity index (χ3v) is 4.15. The number of guanidine groups is 1. The highest BCUT2D eigenvalue weighted by Crippen LogP contribution is 2.26. The highest BCUT2D eigenvalue weighted by Gasteiger charge is 2.14. The predicted octanol–water partition coefficient (Wildman–Crippen LogP) is 3.19. The summed E-state index contributed by atoms with van der Waals surface area (Å²) in [5, 5.41) is 9.40. The van der Waals surface area contributed by atoms with Crippen LogP contribution in [-0.2, 0) is 16.0 Å². The Morgan fingerprint density at radius 2 is 2.07 bits per heavy atom. The normalized spacial score (nSPS) is 13.4. The van der Waals surface area contributed by atoms with Gasteiger partial charge in [-0.15, -0.1) is 24.0 Å². The number of anilines is 1. The molecule has 29 heavy (non-hydrogen) atoms. The van der Waals surface area contributed by atoms with E-state index in [4.69, 9.17) is 9.47 Å². The van der Waals surface area contributed by atoms with Crippen LogP contribution in [0.5, 0.6) is 5.75 Å². The van der Waals surface area contributed by atoms with Crippen molar-refractivity contribution in [3.63, 3.8) is 0 Å². The molecule has 1 aromatic rings. The first-order chi connectivity index (χ1) is 13.6. The molecule has 1 aliphatic heterocycles. The Morgan fingerprint density at radius 1 is 1.24 bits per heavy atom. The SMILES string of the molecule is CCNC(=NCCCOCC(C)C)NCCOc1ccc2c(c1)CCC(=O)N2.I. The van der Waals surface area contributed by atoms with Crippen molar-refractivity contribution in [3.05, 3.63) is 23.8 Å². The number of carbonyl (C=O) groups is 1. The lowest BCUT2D eigenvalue weighted by Gasteiger charge is -2.18. The van der Waals surface area contributed by atoms with Crippen LogP contribution >= 0.6 is 24.0 Å². The van der Waals surface area contributed by atoms with E-state index in [-0.39, 0.29) is 29.9 Å². The number of aryl methyl sites for hydroxylation is 1. The molecular formula is C21H35IN4O3. The third-order valence-electron chi connectivity index (χ3n) is 4.15. The second-order valence-electron chi connectivity index (χ2n) is 7.23. The van der Waals surface area contributed by atoms with Crippen molar-refractivity contribution < 1.29 is 14.3 Å². The summed E-state index contributed by atoms with van der Waals surface area (Å²) < 4.78 is 11.4. The van der Waals surface area contributed by atoms with Crippen LogP contribution in [0.1, 0.15) is 39.2 Å². The lowest BCUT2D eigenvalue weighted by atomic mass is 10.0. The van der Waals surface area contributed by atoms with Crippen LogP contribution in [0.25, 0.3) is 0 Å². The highest BCUT2D eigenvalue weighted by atomic mass is 127. The van der Waals surface area contributed by atoms with Crippen molar-refractivity contribution >= 4 is 41.5 Å². The first-order valence-electron chi connectivity index (χ1n) is 10.2. The summed E-state index contributed by atoms with van der Waals surface area (Å²) in [4.78, 5) is 16.0. The van der Waals surface area contributed by atoms with Gasteiger partial charge in [-0.1, -0.05) is 13.8 Å². The third kappa shape index (κ3) is 10.2. The minimum atomic E-state index is 0. The van der Waals surface area contributed by atoms with Gasteiger partial charge in [0, 0.05) is 38.4 Å². The van der Waals surface area contributed by atoms with Crippen molar-refractivity contribution in [2.24, 2.45) is 10.9 Å². The number of amides is 1. The Labute approximate surface area is 191 Å². The molecule has 7 nitrogen and oxygen atoms in total. The molecule has 8 heteroatoms. The standard InChI is InChI=1S/C21H34N4O3.HI/c1-4-22-21(23-10-5-12-27-15-16(2)3)24-11-13-28-18-7-8-19-17(14-18)6-9-20(26)25-19;/h7-8,14,16H,4-6,9-13,15H2,1-3H3,(H,25,26)(H2,22,23,24);1H. The molecule has 164 valence electrons. The van der Waals surface area contributed by atoms with E-state index in [0.29, 0.717) is 25.5 Å². The van der Waals surface area contributed by atoms with E-state index in [1.54, 1.807) is 0 Å². The van der Waals surface area contributed by atoms with Crippen LogP contribution in [0, 0.1) is 5.92 Å². The number of aliphatic imine (C=N–C) groups is 1. The van der Waals surface area contributed by atoms with E-state index in [1.807, 2.05) is 25.1 Å². The maximum absolute atomic E-state index is 11.4. The molecule has 0 radical (unpaired) electrons. The van der Waals surface area contributed by atoms with E-state index < -0.39 is 0 Å². The van der Waals surface area contributed by atoms with Crippen molar-refractivity contribution in [2.45, 2.75) is 40.0 Å². The van der Waals surface area contributed by atoms with Gasteiger partial charge in [-0.3, -0.25) is 9.79 Å². The zero-order chi connectivity index (χ0) is 20.2. The molecule has 1 aliphatic rings. The number of benzene rings is 1. The fourth-order valence-corrected chi connectivity index (χ4v) is 2.81. The molecule has 0 saturated carbocycles. The highest BCUT2D eigenvalue weighted by molar-refractivity contribution is 14.0. The number of hydrogen-bond acceptors (Lipinski definition) is 4. The summed E-state index contributed by atoms with van der Waals surface area (Å²) in [6, 6.07) is 5.80. The quantitative estimate of drug-likeness (QED) is 0.182. The predicted molar refractivity (Wildman–Crippen MR) is 129 cm³/mol. The molecule has 3 N–H and O–H groups in total. The van der Waals surface area contributed by atoms with Gasteiger partial charge in [0.25, 0.3) is 0 Å². The van der Waals surface area contributed by atoms with Gasteiger partial charge in [0.15, 0.2) is 5.96 Å². The van der Waals surface area contributed by atoms with Crippen LogP contribution in [-0.4, -0.2) is 51.3 Å². The van der Waals surface area contributed by atoms with Gasteiger partial charge in [0.05, 0.1) is 6.54 Å². The van der Waals surface area contributed by atoms with Crippen LogP contribution < -0.4 is 20.7 Å². The molecule has 1 amide bonds. The number of halogens is 1. The molecule has 1 aromatic carbocycles. The molecule has 0 saturated heterocycles. The number of nitrogens with one attached hydrogen (secondary N) is 3. The Balaban J connectivity index is 0.00000420. The fourth-order valence-electron chi connectivity index (χ4n) is 2.81. The van der Waals surface area contributed by atoms with E-state index in [2.05, 4.69) is 34.8 Å². The van der Waals surface area contributed by atoms with Crippen LogP contribution in [0.15, 0.2) is 23.2 Å². The molecule has 2 rings (SSSR count). The number of fused-ring (bicyclic) bond motifs is 1. The fraction of sp³-hybridized carbons (Fsp3) is 0.619. The molecule has 0 aromatic heterocycles. The van der Waals surface area contributed by atoms with Crippen LogP contribution in [0.4, 0.5) is 5.69 Å². The lowest BCUT2D eigenvalue weighted by Crippen LogP contribution is -2.39. The molecule has 0 unspecified atom stereocenters. The van der Waals surface area contributed by atoms with Gasteiger partial charge in [-0.2, -0.15) is 0 Å². The molecule has 1 heterocycles. The number of nitrogens with zero attached hydrogens (tertiary/aromatic N) is 1. The van der Waals surface area contributed by atoms with Gasteiger partial charge in [-0.25, -0.2) is 0 Å². The average Bonchev–Trinajstić information content (AvgIpc) is 2.67. The maximum Gasteiger partial charge on any atom is 0.224 e. The molecular weight excluding hydrogens is 483 g/mol.